The van der Waals surface area contributed by atoms with Crippen LogP contribution in [0.4, 0.5) is 5.69 Å². The van der Waals surface area contributed by atoms with E-state index in [2.05, 4.69) is 27.9 Å². The van der Waals surface area contributed by atoms with E-state index in [1.54, 1.807) is 0 Å². The number of benzene rings is 2. The van der Waals surface area contributed by atoms with Gasteiger partial charge >= 0.3 is 0 Å². The molecule has 0 fully saturated rings. The molecule has 0 radical (unpaired) electrons. The average molecular weight is 423 g/mol. The summed E-state index contributed by atoms with van der Waals surface area (Å²) in [6, 6.07) is 12.0. The van der Waals surface area contributed by atoms with Crippen molar-refractivity contribution in [3.63, 3.8) is 0 Å². The van der Waals surface area contributed by atoms with E-state index in [4.69, 9.17) is 4.74 Å². The maximum atomic E-state index is 12.5. The third kappa shape index (κ3) is 4.70. The summed E-state index contributed by atoms with van der Waals surface area (Å²) in [4.78, 5) is 12.5. The molecule has 2 rings (SSSR count). The topological polar surface area (TPSA) is 38.3 Å². The zero-order chi connectivity index (χ0) is 17.0. The van der Waals surface area contributed by atoms with Gasteiger partial charge in [-0.05, 0) is 90.7 Å². The predicted octanol–water partition coefficient (Wildman–Crippen LogP) is 5.01. The lowest BCUT2D eigenvalue weighted by molar-refractivity contribution is -0.122. The van der Waals surface area contributed by atoms with Gasteiger partial charge in [-0.25, -0.2) is 0 Å². The molecule has 0 aliphatic heterocycles. The van der Waals surface area contributed by atoms with E-state index in [9.17, 15) is 4.79 Å². The summed E-state index contributed by atoms with van der Waals surface area (Å²) >= 11 is 2.26. The van der Waals surface area contributed by atoms with Gasteiger partial charge in [0.2, 0.25) is 0 Å². The van der Waals surface area contributed by atoms with E-state index in [0.717, 1.165) is 31.7 Å². The Bertz CT molecular complexity index is 713. The smallest absolute Gasteiger partial charge is 0.265 e. The molecule has 1 amide bonds. The maximum absolute atomic E-state index is 12.5. The first-order chi connectivity index (χ1) is 10.9. The highest BCUT2D eigenvalue weighted by molar-refractivity contribution is 14.1. The minimum atomic E-state index is -0.505. The van der Waals surface area contributed by atoms with Gasteiger partial charge in [-0.3, -0.25) is 4.79 Å². The standard InChI is InChI=1S/C19H22INO2/c1-5-17(23-18-10-12(2)6-7-13(18)3)19(22)21-16-9-8-15(20)11-14(16)4/h6-11,17H,5H2,1-4H3,(H,21,22). The number of carbonyl (C=O) groups excluding carboxylic acids is 1. The van der Waals surface area contributed by atoms with Gasteiger partial charge in [-0.15, -0.1) is 0 Å². The van der Waals surface area contributed by atoms with Crippen LogP contribution in [0, 0.1) is 24.3 Å². The Kier molecular flexibility index (Phi) is 6.04. The number of carbonyl (C=O) groups is 1. The molecule has 23 heavy (non-hydrogen) atoms. The van der Waals surface area contributed by atoms with Crippen molar-refractivity contribution in [3.05, 3.63) is 56.7 Å². The van der Waals surface area contributed by atoms with E-state index in [1.165, 1.54) is 0 Å². The van der Waals surface area contributed by atoms with Crippen molar-refractivity contribution in [1.82, 2.24) is 0 Å². The lowest BCUT2D eigenvalue weighted by atomic mass is 10.1. The fourth-order valence-corrected chi connectivity index (χ4v) is 2.94. The van der Waals surface area contributed by atoms with Gasteiger partial charge in [0, 0.05) is 9.26 Å². The van der Waals surface area contributed by atoms with Crippen LogP contribution in [0.25, 0.3) is 0 Å². The van der Waals surface area contributed by atoms with Crippen molar-refractivity contribution in [2.45, 2.75) is 40.2 Å². The monoisotopic (exact) mass is 423 g/mol. The summed E-state index contributed by atoms with van der Waals surface area (Å²) in [5.74, 6) is 0.657. The normalized spacial score (nSPS) is 11.9. The minimum absolute atomic E-state index is 0.113. The molecule has 4 heteroatoms. The van der Waals surface area contributed by atoms with Crippen LogP contribution < -0.4 is 10.1 Å². The molecule has 0 aliphatic rings. The number of rotatable bonds is 5. The fraction of sp³-hybridized carbons (Fsp3) is 0.316. The molecule has 0 spiro atoms. The van der Waals surface area contributed by atoms with Crippen molar-refractivity contribution in [2.24, 2.45) is 0 Å². The van der Waals surface area contributed by atoms with Crippen LogP contribution in [-0.2, 0) is 4.79 Å². The molecule has 1 unspecified atom stereocenters. The van der Waals surface area contributed by atoms with E-state index in [1.807, 2.05) is 64.1 Å². The molecule has 3 nitrogen and oxygen atoms in total. The quantitative estimate of drug-likeness (QED) is 0.687. The van der Waals surface area contributed by atoms with E-state index in [-0.39, 0.29) is 5.91 Å². The van der Waals surface area contributed by atoms with Crippen LogP contribution in [0.15, 0.2) is 36.4 Å². The van der Waals surface area contributed by atoms with Gasteiger partial charge in [0.1, 0.15) is 5.75 Å². The molecule has 1 atom stereocenters. The first-order valence-electron chi connectivity index (χ1n) is 7.71. The number of halogens is 1. The highest BCUT2D eigenvalue weighted by atomic mass is 127. The Morgan fingerprint density at radius 3 is 2.52 bits per heavy atom. The number of aryl methyl sites for hydroxylation is 3. The number of anilines is 1. The van der Waals surface area contributed by atoms with Crippen LogP contribution in [0.5, 0.6) is 5.75 Å². The lowest BCUT2D eigenvalue weighted by Crippen LogP contribution is -2.32. The summed E-state index contributed by atoms with van der Waals surface area (Å²) in [7, 11) is 0. The summed E-state index contributed by atoms with van der Waals surface area (Å²) < 4.78 is 7.11. The second kappa shape index (κ2) is 7.81. The van der Waals surface area contributed by atoms with Crippen LogP contribution in [0.1, 0.15) is 30.0 Å². The number of amides is 1. The zero-order valence-corrected chi connectivity index (χ0v) is 16.1. The lowest BCUT2D eigenvalue weighted by Gasteiger charge is -2.19. The highest BCUT2D eigenvalue weighted by Crippen LogP contribution is 2.23. The van der Waals surface area contributed by atoms with Crippen molar-refractivity contribution >= 4 is 34.2 Å². The third-order valence-electron chi connectivity index (χ3n) is 3.72. The number of hydrogen-bond acceptors (Lipinski definition) is 2. The molecule has 122 valence electrons. The molecular formula is C19H22INO2. The number of nitrogens with one attached hydrogen (secondary N) is 1. The molecule has 2 aromatic rings. The molecular weight excluding hydrogens is 401 g/mol. The SMILES string of the molecule is CCC(Oc1cc(C)ccc1C)C(=O)Nc1ccc(I)cc1C. The van der Waals surface area contributed by atoms with Crippen LogP contribution in [0.3, 0.4) is 0 Å². The summed E-state index contributed by atoms with van der Waals surface area (Å²) in [5, 5.41) is 2.98. The molecule has 0 bridgehead atoms. The Morgan fingerprint density at radius 1 is 1.13 bits per heavy atom. The number of ether oxygens (including phenoxy) is 1. The average Bonchev–Trinajstić information content (AvgIpc) is 2.50. The highest BCUT2D eigenvalue weighted by Gasteiger charge is 2.20. The maximum Gasteiger partial charge on any atom is 0.265 e. The number of hydrogen-bond donors (Lipinski definition) is 1. The Labute approximate surface area is 151 Å². The van der Waals surface area contributed by atoms with Crippen LogP contribution in [-0.4, -0.2) is 12.0 Å². The van der Waals surface area contributed by atoms with Crippen molar-refractivity contribution in [1.29, 1.82) is 0 Å². The van der Waals surface area contributed by atoms with Gasteiger partial charge < -0.3 is 10.1 Å². The second-order valence-corrected chi connectivity index (χ2v) is 6.98. The van der Waals surface area contributed by atoms with Crippen LogP contribution in [0.2, 0.25) is 0 Å². The summed E-state index contributed by atoms with van der Waals surface area (Å²) in [5.41, 5.74) is 4.03. The molecule has 0 heterocycles. The molecule has 1 N–H and O–H groups in total. The Balaban J connectivity index is 2.13. The second-order valence-electron chi connectivity index (χ2n) is 5.73. The fourth-order valence-electron chi connectivity index (χ4n) is 2.29. The first-order valence-corrected chi connectivity index (χ1v) is 8.79. The Morgan fingerprint density at radius 2 is 1.87 bits per heavy atom. The molecule has 0 aliphatic carbocycles. The van der Waals surface area contributed by atoms with E-state index in [0.29, 0.717) is 6.42 Å². The molecule has 2 aromatic carbocycles. The van der Waals surface area contributed by atoms with Crippen LogP contribution >= 0.6 is 22.6 Å². The van der Waals surface area contributed by atoms with Crippen molar-refractivity contribution in [3.8, 4) is 5.75 Å². The molecule has 0 aromatic heterocycles. The predicted molar refractivity (Wildman–Crippen MR) is 103 cm³/mol. The minimum Gasteiger partial charge on any atom is -0.480 e. The van der Waals surface area contributed by atoms with Gasteiger partial charge in [0.15, 0.2) is 6.10 Å². The van der Waals surface area contributed by atoms with E-state index < -0.39 is 6.10 Å². The van der Waals surface area contributed by atoms with E-state index >= 15 is 0 Å². The summed E-state index contributed by atoms with van der Waals surface area (Å²) in [6.07, 6.45) is 0.108. The van der Waals surface area contributed by atoms with Gasteiger partial charge in [0.25, 0.3) is 5.91 Å². The van der Waals surface area contributed by atoms with Gasteiger partial charge in [-0.1, -0.05) is 19.1 Å². The molecule has 0 saturated heterocycles. The Hall–Kier alpha value is -1.56. The van der Waals surface area contributed by atoms with Gasteiger partial charge in [0.05, 0.1) is 0 Å². The third-order valence-corrected chi connectivity index (χ3v) is 4.39. The first kappa shape index (κ1) is 17.8. The van der Waals surface area contributed by atoms with Crippen molar-refractivity contribution in [2.75, 3.05) is 5.32 Å². The largest absolute Gasteiger partial charge is 0.480 e. The molecule has 0 saturated carbocycles. The van der Waals surface area contributed by atoms with Crippen molar-refractivity contribution < 1.29 is 9.53 Å². The van der Waals surface area contributed by atoms with Gasteiger partial charge in [-0.2, -0.15) is 0 Å². The zero-order valence-electron chi connectivity index (χ0n) is 13.9. The summed E-state index contributed by atoms with van der Waals surface area (Å²) in [6.45, 7) is 7.95.